The lowest BCUT2D eigenvalue weighted by molar-refractivity contribution is -0.128. The number of amides is 1. The largest absolute Gasteiger partial charge is 0.399 e. The molecule has 1 fully saturated rings. The van der Waals surface area contributed by atoms with Gasteiger partial charge in [0.25, 0.3) is 0 Å². The molecule has 0 aliphatic carbocycles. The number of anilines is 1. The van der Waals surface area contributed by atoms with Crippen LogP contribution in [0.1, 0.15) is 11.8 Å². The highest BCUT2D eigenvalue weighted by atomic mass is 32.2. The molecule has 1 unspecified atom stereocenters. The molecular weight excluding hydrogens is 400 g/mol. The van der Waals surface area contributed by atoms with Gasteiger partial charge in [0.2, 0.25) is 5.91 Å². The Balaban J connectivity index is 1.74. The molecule has 4 rings (SSSR count). The SMILES string of the molecule is CN1C(=N)N[C@](C)(c2cc(-c3cccc(N)c3)cs2)C(Sc2ccccc2)C1=O. The van der Waals surface area contributed by atoms with Gasteiger partial charge in [-0.15, -0.1) is 23.1 Å². The van der Waals surface area contributed by atoms with Gasteiger partial charge in [-0.3, -0.25) is 15.1 Å². The Morgan fingerprint density at radius 2 is 1.90 bits per heavy atom. The van der Waals surface area contributed by atoms with Gasteiger partial charge in [-0.1, -0.05) is 30.3 Å². The van der Waals surface area contributed by atoms with Crippen LogP contribution < -0.4 is 11.1 Å². The van der Waals surface area contributed by atoms with Crippen molar-refractivity contribution in [3.8, 4) is 11.1 Å². The molecule has 1 aromatic heterocycles. The van der Waals surface area contributed by atoms with Crippen molar-refractivity contribution < 1.29 is 4.79 Å². The average Bonchev–Trinajstić information content (AvgIpc) is 3.22. The summed E-state index contributed by atoms with van der Waals surface area (Å²) < 4.78 is 0. The normalized spacial score (nSPS) is 21.9. The lowest BCUT2D eigenvalue weighted by atomic mass is 9.91. The molecule has 2 aromatic carbocycles. The Kier molecular flexibility index (Phi) is 5.10. The standard InChI is InChI=1S/C22H22N4OS2/c1-22(18-12-15(13-28-18)14-7-6-8-16(23)11-14)19(20(27)26(2)21(24)25-22)29-17-9-4-3-5-10-17/h3-13,19H,23H2,1-2H3,(H2,24,25)/t19?,22-/m1/s1. The smallest absolute Gasteiger partial charge is 0.245 e. The molecule has 2 atom stereocenters. The predicted molar refractivity (Wildman–Crippen MR) is 121 cm³/mol. The van der Waals surface area contributed by atoms with Crippen molar-refractivity contribution >= 4 is 40.7 Å². The first kappa shape index (κ1) is 19.5. The molecule has 7 heteroatoms. The first-order valence-electron chi connectivity index (χ1n) is 9.19. The Morgan fingerprint density at radius 1 is 1.14 bits per heavy atom. The number of rotatable bonds is 4. The molecule has 2 heterocycles. The topological polar surface area (TPSA) is 82.2 Å². The van der Waals surface area contributed by atoms with E-state index in [0.717, 1.165) is 20.9 Å². The quantitative estimate of drug-likeness (QED) is 0.545. The molecule has 5 nitrogen and oxygen atoms in total. The number of hydrogen-bond donors (Lipinski definition) is 3. The van der Waals surface area contributed by atoms with E-state index in [9.17, 15) is 4.79 Å². The molecule has 0 radical (unpaired) electrons. The molecule has 29 heavy (non-hydrogen) atoms. The van der Waals surface area contributed by atoms with Gasteiger partial charge in [0.05, 0.1) is 5.54 Å². The number of carbonyl (C=O) groups excluding carboxylic acids is 1. The van der Waals surface area contributed by atoms with E-state index in [4.69, 9.17) is 11.1 Å². The minimum Gasteiger partial charge on any atom is -0.399 e. The van der Waals surface area contributed by atoms with Crippen molar-refractivity contribution in [3.63, 3.8) is 0 Å². The molecule has 3 aromatic rings. The van der Waals surface area contributed by atoms with Crippen LogP contribution in [0, 0.1) is 5.41 Å². The zero-order chi connectivity index (χ0) is 20.6. The molecule has 0 spiro atoms. The number of nitrogen functional groups attached to an aromatic ring is 1. The molecule has 0 bridgehead atoms. The molecular formula is C22H22N4OS2. The Morgan fingerprint density at radius 3 is 2.62 bits per heavy atom. The van der Waals surface area contributed by atoms with Gasteiger partial charge in [-0.25, -0.2) is 0 Å². The number of thiophene rings is 1. The number of benzene rings is 2. The fourth-order valence-corrected chi connectivity index (χ4v) is 5.81. The zero-order valence-corrected chi connectivity index (χ0v) is 17.8. The number of nitrogens with one attached hydrogen (secondary N) is 2. The summed E-state index contributed by atoms with van der Waals surface area (Å²) in [6.45, 7) is 2.00. The zero-order valence-electron chi connectivity index (χ0n) is 16.2. The second-order valence-electron chi connectivity index (χ2n) is 7.21. The summed E-state index contributed by atoms with van der Waals surface area (Å²) in [4.78, 5) is 16.6. The molecule has 1 aliphatic heterocycles. The fraction of sp³-hybridized carbons (Fsp3) is 0.182. The van der Waals surface area contributed by atoms with Crippen molar-refractivity contribution in [3.05, 3.63) is 70.9 Å². The van der Waals surface area contributed by atoms with Crippen LogP contribution in [0.4, 0.5) is 5.69 Å². The van der Waals surface area contributed by atoms with Crippen LogP contribution in [0.3, 0.4) is 0 Å². The van der Waals surface area contributed by atoms with Gasteiger partial charge in [0.1, 0.15) is 5.25 Å². The van der Waals surface area contributed by atoms with Crippen LogP contribution in [0.15, 0.2) is 70.9 Å². The van der Waals surface area contributed by atoms with E-state index < -0.39 is 10.8 Å². The van der Waals surface area contributed by atoms with Crippen molar-refractivity contribution in [2.45, 2.75) is 22.6 Å². The van der Waals surface area contributed by atoms with E-state index in [1.165, 1.54) is 16.7 Å². The van der Waals surface area contributed by atoms with Crippen LogP contribution in [0.5, 0.6) is 0 Å². The maximum atomic E-state index is 13.2. The number of thioether (sulfide) groups is 1. The molecule has 0 saturated carbocycles. The first-order valence-corrected chi connectivity index (χ1v) is 11.0. The number of carbonyl (C=O) groups is 1. The molecule has 1 aliphatic rings. The van der Waals surface area contributed by atoms with E-state index in [2.05, 4.69) is 16.8 Å². The van der Waals surface area contributed by atoms with Crippen LogP contribution >= 0.6 is 23.1 Å². The van der Waals surface area contributed by atoms with Crippen LogP contribution in [-0.4, -0.2) is 29.1 Å². The number of nitrogens with zero attached hydrogens (tertiary/aromatic N) is 1. The third-order valence-electron chi connectivity index (χ3n) is 5.12. The Hall–Kier alpha value is -2.77. The molecule has 1 saturated heterocycles. The second kappa shape index (κ2) is 7.57. The predicted octanol–water partition coefficient (Wildman–Crippen LogP) is 4.37. The van der Waals surface area contributed by atoms with Gasteiger partial charge in [-0.2, -0.15) is 0 Å². The first-order chi connectivity index (χ1) is 13.9. The van der Waals surface area contributed by atoms with Gasteiger partial charge in [0, 0.05) is 22.5 Å². The average molecular weight is 423 g/mol. The van der Waals surface area contributed by atoms with Gasteiger partial charge >= 0.3 is 0 Å². The maximum absolute atomic E-state index is 13.2. The highest BCUT2D eigenvalue weighted by molar-refractivity contribution is 8.00. The summed E-state index contributed by atoms with van der Waals surface area (Å²) >= 11 is 3.12. The van der Waals surface area contributed by atoms with Crippen molar-refractivity contribution in [1.29, 1.82) is 5.41 Å². The molecule has 148 valence electrons. The van der Waals surface area contributed by atoms with Gasteiger partial charge in [-0.05, 0) is 53.8 Å². The van der Waals surface area contributed by atoms with E-state index in [1.54, 1.807) is 18.4 Å². The maximum Gasteiger partial charge on any atom is 0.245 e. The van der Waals surface area contributed by atoms with E-state index in [1.807, 2.05) is 61.5 Å². The number of hydrogen-bond acceptors (Lipinski definition) is 5. The Labute approximate surface area is 178 Å². The third-order valence-corrected chi connectivity index (χ3v) is 7.74. The van der Waals surface area contributed by atoms with Crippen molar-refractivity contribution in [1.82, 2.24) is 10.2 Å². The number of guanidine groups is 1. The van der Waals surface area contributed by atoms with Crippen LogP contribution in [0.25, 0.3) is 11.1 Å². The van der Waals surface area contributed by atoms with E-state index in [-0.39, 0.29) is 11.9 Å². The van der Waals surface area contributed by atoms with E-state index >= 15 is 0 Å². The van der Waals surface area contributed by atoms with Crippen LogP contribution in [-0.2, 0) is 10.3 Å². The lowest BCUT2D eigenvalue weighted by Crippen LogP contribution is -2.65. The minimum atomic E-state index is -0.704. The van der Waals surface area contributed by atoms with Crippen molar-refractivity contribution in [2.75, 3.05) is 12.8 Å². The summed E-state index contributed by atoms with van der Waals surface area (Å²) in [6.07, 6.45) is 0. The summed E-state index contributed by atoms with van der Waals surface area (Å²) in [5.41, 5.74) is 8.05. The monoisotopic (exact) mass is 422 g/mol. The summed E-state index contributed by atoms with van der Waals surface area (Å²) in [7, 11) is 1.64. The fourth-order valence-electron chi connectivity index (χ4n) is 3.40. The van der Waals surface area contributed by atoms with E-state index in [0.29, 0.717) is 5.69 Å². The minimum absolute atomic E-state index is 0.0796. The van der Waals surface area contributed by atoms with Gasteiger partial charge in [0.15, 0.2) is 5.96 Å². The molecule has 4 N–H and O–H groups in total. The van der Waals surface area contributed by atoms with Gasteiger partial charge < -0.3 is 11.1 Å². The van der Waals surface area contributed by atoms with Crippen molar-refractivity contribution in [2.24, 2.45) is 0 Å². The highest BCUT2D eigenvalue weighted by Gasteiger charge is 2.49. The van der Waals surface area contributed by atoms with Crippen LogP contribution in [0.2, 0.25) is 0 Å². The summed E-state index contributed by atoms with van der Waals surface area (Å²) in [6, 6.07) is 19.8. The second-order valence-corrected chi connectivity index (χ2v) is 9.30. The Bertz CT molecular complexity index is 1070. The summed E-state index contributed by atoms with van der Waals surface area (Å²) in [5.74, 6) is 0.0327. The summed E-state index contributed by atoms with van der Waals surface area (Å²) in [5, 5.41) is 13.2. The highest BCUT2D eigenvalue weighted by Crippen LogP contribution is 2.43. The number of nitrogens with two attached hydrogens (primary N) is 1. The third kappa shape index (κ3) is 3.63. The lowest BCUT2D eigenvalue weighted by Gasteiger charge is -2.44. The molecule has 1 amide bonds.